The topological polar surface area (TPSA) is 59.5 Å². The largest absolute Gasteiger partial charge is 0.328 e. The molecule has 7 nitrogen and oxygen atoms in total. The van der Waals surface area contributed by atoms with Gasteiger partial charge in [-0.05, 0) is 38.0 Å². The highest BCUT2D eigenvalue weighted by molar-refractivity contribution is 6.08. The number of hydrogen-bond acceptors (Lipinski definition) is 5. The van der Waals surface area contributed by atoms with Crippen molar-refractivity contribution in [3.05, 3.63) is 64.7 Å². The number of carbonyl (C=O) groups is 2. The van der Waals surface area contributed by atoms with Crippen LogP contribution in [0.15, 0.2) is 47.5 Å². The average Bonchev–Trinajstić information content (AvgIpc) is 3.29. The van der Waals surface area contributed by atoms with Crippen molar-refractivity contribution in [3.8, 4) is 0 Å². The van der Waals surface area contributed by atoms with Gasteiger partial charge in [-0.3, -0.25) is 9.69 Å². The molecule has 2 fully saturated rings. The van der Waals surface area contributed by atoms with Crippen LogP contribution in [0, 0.1) is 20.8 Å². The number of urea groups is 1. The molecule has 0 aromatic heterocycles. The first-order valence-corrected chi connectivity index (χ1v) is 10.7. The van der Waals surface area contributed by atoms with Crippen LogP contribution in [-0.4, -0.2) is 64.9 Å². The van der Waals surface area contributed by atoms with Crippen molar-refractivity contribution < 1.29 is 9.59 Å². The Kier molecular flexibility index (Phi) is 4.50. The molecule has 2 atom stereocenters. The molecule has 0 radical (unpaired) electrons. The number of guanidine groups is 1. The molecule has 2 unspecified atom stereocenters. The number of hydrogen-bond donors (Lipinski definition) is 0. The summed E-state index contributed by atoms with van der Waals surface area (Å²) < 4.78 is 0. The Morgan fingerprint density at radius 3 is 2.52 bits per heavy atom. The minimum Gasteiger partial charge on any atom is -0.325 e. The quantitative estimate of drug-likeness (QED) is 0.771. The molecule has 5 rings (SSSR count). The van der Waals surface area contributed by atoms with Crippen LogP contribution in [-0.2, 0) is 11.3 Å². The third-order valence-corrected chi connectivity index (χ3v) is 6.44. The number of anilines is 1. The molecule has 0 aliphatic carbocycles. The summed E-state index contributed by atoms with van der Waals surface area (Å²) in [5, 5.41) is 0. The number of aliphatic imine (C=N–C) groups is 1. The van der Waals surface area contributed by atoms with Crippen molar-refractivity contribution in [2.45, 2.75) is 39.5 Å². The second-order valence-electron chi connectivity index (χ2n) is 8.73. The van der Waals surface area contributed by atoms with E-state index in [1.165, 1.54) is 16.0 Å². The molecule has 3 aliphatic rings. The average molecular weight is 418 g/mol. The molecule has 3 heterocycles. The summed E-state index contributed by atoms with van der Waals surface area (Å²) >= 11 is 0. The molecule has 0 saturated carbocycles. The highest BCUT2D eigenvalue weighted by Gasteiger charge is 2.54. The van der Waals surface area contributed by atoms with Crippen LogP contribution >= 0.6 is 0 Å². The van der Waals surface area contributed by atoms with Crippen LogP contribution in [0.4, 0.5) is 10.5 Å². The van der Waals surface area contributed by atoms with Crippen LogP contribution in [0.2, 0.25) is 0 Å². The summed E-state index contributed by atoms with van der Waals surface area (Å²) in [6.45, 7) is 7.94. The van der Waals surface area contributed by atoms with Gasteiger partial charge < -0.3 is 14.7 Å². The van der Waals surface area contributed by atoms with E-state index >= 15 is 0 Å². The minimum absolute atomic E-state index is 0.171. The zero-order valence-electron chi connectivity index (χ0n) is 18.4. The van der Waals surface area contributed by atoms with Crippen molar-refractivity contribution in [2.75, 3.05) is 25.0 Å². The predicted octanol–water partition coefficient (Wildman–Crippen LogP) is 2.89. The molecule has 0 bridgehead atoms. The summed E-state index contributed by atoms with van der Waals surface area (Å²) in [4.78, 5) is 38.6. The van der Waals surface area contributed by atoms with E-state index in [0.29, 0.717) is 6.54 Å². The first-order chi connectivity index (χ1) is 14.8. The second-order valence-corrected chi connectivity index (χ2v) is 8.73. The van der Waals surface area contributed by atoms with E-state index in [1.807, 2.05) is 31.2 Å². The zero-order chi connectivity index (χ0) is 21.9. The molecule has 160 valence electrons. The molecule has 2 aromatic carbocycles. The first-order valence-electron chi connectivity index (χ1n) is 10.7. The minimum atomic E-state index is -0.489. The summed E-state index contributed by atoms with van der Waals surface area (Å²) in [7, 11) is 1.74. The number of nitrogens with zero attached hydrogens (tertiary/aromatic N) is 5. The van der Waals surface area contributed by atoms with Crippen LogP contribution in [0.1, 0.15) is 22.3 Å². The van der Waals surface area contributed by atoms with E-state index in [2.05, 4.69) is 41.8 Å². The smallest absolute Gasteiger partial charge is 0.325 e. The highest BCUT2D eigenvalue weighted by atomic mass is 16.2. The molecule has 0 spiro atoms. The third-order valence-electron chi connectivity index (χ3n) is 6.44. The molecule has 0 N–H and O–H groups in total. The normalized spacial score (nSPS) is 22.8. The van der Waals surface area contributed by atoms with Crippen molar-refractivity contribution in [1.29, 1.82) is 0 Å². The van der Waals surface area contributed by atoms with E-state index in [-0.39, 0.29) is 18.5 Å². The fourth-order valence-electron chi connectivity index (χ4n) is 4.91. The summed E-state index contributed by atoms with van der Waals surface area (Å²) in [5.41, 5.74) is 5.55. The number of rotatable bonds is 3. The number of aryl methyl sites for hydroxylation is 3. The Morgan fingerprint density at radius 2 is 1.77 bits per heavy atom. The molecular weight excluding hydrogens is 390 g/mol. The van der Waals surface area contributed by atoms with E-state index < -0.39 is 12.2 Å². The van der Waals surface area contributed by atoms with E-state index in [9.17, 15) is 9.59 Å². The van der Waals surface area contributed by atoms with Gasteiger partial charge in [-0.25, -0.2) is 9.79 Å². The third kappa shape index (κ3) is 3.07. The Hall–Kier alpha value is -3.35. The number of imide groups is 1. The van der Waals surface area contributed by atoms with Gasteiger partial charge in [0, 0.05) is 25.8 Å². The maximum atomic E-state index is 13.5. The van der Waals surface area contributed by atoms with Crippen molar-refractivity contribution in [3.63, 3.8) is 0 Å². The molecule has 3 amide bonds. The SMILES string of the molecule is Cc1cccc(CN2C(=O)C3C(N=C4N(c5ccc(C)cc5C)CCN43)N(C)C2=O)c1. The maximum Gasteiger partial charge on any atom is 0.328 e. The lowest BCUT2D eigenvalue weighted by Gasteiger charge is -2.40. The zero-order valence-corrected chi connectivity index (χ0v) is 18.4. The van der Waals surface area contributed by atoms with E-state index in [1.54, 1.807) is 11.9 Å². The maximum absolute atomic E-state index is 13.5. The molecule has 2 aromatic rings. The van der Waals surface area contributed by atoms with Gasteiger partial charge >= 0.3 is 6.03 Å². The van der Waals surface area contributed by atoms with Crippen LogP contribution in [0.5, 0.6) is 0 Å². The predicted molar refractivity (Wildman–Crippen MR) is 120 cm³/mol. The van der Waals surface area contributed by atoms with Crippen molar-refractivity contribution in [1.82, 2.24) is 14.7 Å². The Morgan fingerprint density at radius 1 is 1.00 bits per heavy atom. The lowest BCUT2D eigenvalue weighted by molar-refractivity contribution is -0.137. The molecule has 7 heteroatoms. The first kappa shape index (κ1) is 19.6. The van der Waals surface area contributed by atoms with Gasteiger partial charge in [-0.15, -0.1) is 0 Å². The summed E-state index contributed by atoms with van der Waals surface area (Å²) in [6.07, 6.45) is -0.489. The number of likely N-dealkylation sites (N-methyl/N-ethyl adjacent to an activating group) is 1. The highest BCUT2D eigenvalue weighted by Crippen LogP contribution is 2.35. The molecular formula is C24H27N5O2. The van der Waals surface area contributed by atoms with Crippen molar-refractivity contribution >= 4 is 23.6 Å². The van der Waals surface area contributed by atoms with Gasteiger partial charge in [-0.1, -0.05) is 47.5 Å². The number of amides is 3. The summed E-state index contributed by atoms with van der Waals surface area (Å²) in [6, 6.07) is 13.5. The molecule has 2 saturated heterocycles. The van der Waals surface area contributed by atoms with Gasteiger partial charge in [0.2, 0.25) is 5.96 Å². The Balaban J connectivity index is 1.45. The monoisotopic (exact) mass is 417 g/mol. The van der Waals surface area contributed by atoms with Gasteiger partial charge in [0.05, 0.1) is 6.54 Å². The van der Waals surface area contributed by atoms with Gasteiger partial charge in [-0.2, -0.15) is 0 Å². The number of benzene rings is 2. The molecule has 31 heavy (non-hydrogen) atoms. The van der Waals surface area contributed by atoms with Gasteiger partial charge in [0.1, 0.15) is 0 Å². The number of carbonyl (C=O) groups excluding carboxylic acids is 2. The van der Waals surface area contributed by atoms with Crippen LogP contribution < -0.4 is 4.90 Å². The van der Waals surface area contributed by atoms with E-state index in [4.69, 9.17) is 4.99 Å². The fourth-order valence-corrected chi connectivity index (χ4v) is 4.91. The van der Waals surface area contributed by atoms with Crippen molar-refractivity contribution in [2.24, 2.45) is 4.99 Å². The van der Waals surface area contributed by atoms with Crippen LogP contribution in [0.25, 0.3) is 0 Å². The Bertz CT molecular complexity index is 1110. The second kappa shape index (κ2) is 7.11. The van der Waals surface area contributed by atoms with E-state index in [0.717, 1.165) is 29.3 Å². The van der Waals surface area contributed by atoms with Gasteiger partial charge in [0.25, 0.3) is 5.91 Å². The standard InChI is InChI=1S/C24H27N5O2/c1-15-6-5-7-18(13-15)14-29-22(30)20-21(26(4)24(29)31)25-23-27(10-11-28(20)23)19-9-8-16(2)12-17(19)3/h5-9,12-13,20-21H,10-11,14H2,1-4H3. The number of fused-ring (bicyclic) bond motifs is 3. The Labute approximate surface area is 182 Å². The summed E-state index contributed by atoms with van der Waals surface area (Å²) in [5.74, 6) is 0.614. The lowest BCUT2D eigenvalue weighted by Crippen LogP contribution is -2.64. The fraction of sp³-hybridized carbons (Fsp3) is 0.375. The van der Waals surface area contributed by atoms with Crippen LogP contribution in [0.3, 0.4) is 0 Å². The lowest BCUT2D eigenvalue weighted by atomic mass is 10.1. The molecule has 3 aliphatic heterocycles. The van der Waals surface area contributed by atoms with Gasteiger partial charge in [0.15, 0.2) is 12.2 Å².